The van der Waals surface area contributed by atoms with Crippen LogP contribution in [0.4, 0.5) is 0 Å². The summed E-state index contributed by atoms with van der Waals surface area (Å²) in [5, 5.41) is 0. The molecule has 60 valence electrons. The van der Waals surface area contributed by atoms with E-state index in [4.69, 9.17) is 0 Å². The molecule has 0 amide bonds. The lowest BCUT2D eigenvalue weighted by Crippen LogP contribution is -3.05. The summed E-state index contributed by atoms with van der Waals surface area (Å²) >= 11 is 0. The molecular formula is C10H16N+. The van der Waals surface area contributed by atoms with E-state index >= 15 is 0 Å². The highest BCUT2D eigenvalue weighted by Gasteiger charge is 2.08. The Morgan fingerprint density at radius 3 is 2.09 bits per heavy atom. The third-order valence-corrected chi connectivity index (χ3v) is 2.17. The van der Waals surface area contributed by atoms with Gasteiger partial charge >= 0.3 is 0 Å². The highest BCUT2D eigenvalue weighted by molar-refractivity contribution is 5.16. The Morgan fingerprint density at radius 2 is 1.64 bits per heavy atom. The third kappa shape index (κ3) is 2.05. The number of hydrogen-bond donors (Lipinski definition) is 1. The van der Waals surface area contributed by atoms with E-state index in [1.165, 1.54) is 10.5 Å². The quantitative estimate of drug-likeness (QED) is 0.638. The molecule has 11 heavy (non-hydrogen) atoms. The van der Waals surface area contributed by atoms with E-state index < -0.39 is 0 Å². The van der Waals surface area contributed by atoms with E-state index in [1.807, 2.05) is 0 Å². The van der Waals surface area contributed by atoms with Crippen molar-refractivity contribution in [2.24, 2.45) is 0 Å². The monoisotopic (exact) mass is 150 g/mol. The lowest BCUT2D eigenvalue weighted by atomic mass is 10.1. The molecule has 0 heterocycles. The molecule has 1 N–H and O–H groups in total. The highest BCUT2D eigenvalue weighted by Crippen LogP contribution is 2.06. The minimum absolute atomic E-state index is 0.594. The maximum Gasteiger partial charge on any atom is 0.110 e. The summed E-state index contributed by atoms with van der Waals surface area (Å²) < 4.78 is 0. The Hall–Kier alpha value is -0.820. The zero-order chi connectivity index (χ0) is 8.27. The van der Waals surface area contributed by atoms with E-state index in [1.54, 1.807) is 0 Å². The van der Waals surface area contributed by atoms with Crippen LogP contribution < -0.4 is 4.90 Å². The van der Waals surface area contributed by atoms with Crippen LogP contribution in [0, 0.1) is 0 Å². The molecule has 0 aliphatic carbocycles. The van der Waals surface area contributed by atoms with E-state index in [0.29, 0.717) is 6.04 Å². The van der Waals surface area contributed by atoms with Gasteiger partial charge in [0, 0.05) is 5.56 Å². The predicted molar refractivity (Wildman–Crippen MR) is 47.7 cm³/mol. The van der Waals surface area contributed by atoms with E-state index in [2.05, 4.69) is 51.4 Å². The summed E-state index contributed by atoms with van der Waals surface area (Å²) in [6.45, 7) is 2.24. The molecule has 1 heteroatoms. The Labute approximate surface area is 68.7 Å². The summed E-state index contributed by atoms with van der Waals surface area (Å²) in [6, 6.07) is 11.2. The van der Waals surface area contributed by atoms with Gasteiger partial charge < -0.3 is 4.90 Å². The summed E-state index contributed by atoms with van der Waals surface area (Å²) in [5.41, 5.74) is 1.41. The second-order valence-corrected chi connectivity index (χ2v) is 3.21. The van der Waals surface area contributed by atoms with Crippen molar-refractivity contribution in [3.63, 3.8) is 0 Å². The number of benzene rings is 1. The summed E-state index contributed by atoms with van der Waals surface area (Å²) in [7, 11) is 4.36. The zero-order valence-electron chi connectivity index (χ0n) is 7.46. The van der Waals surface area contributed by atoms with Gasteiger partial charge in [0.05, 0.1) is 14.1 Å². The van der Waals surface area contributed by atoms with Gasteiger partial charge in [-0.1, -0.05) is 30.3 Å². The average molecular weight is 150 g/mol. The minimum Gasteiger partial charge on any atom is -0.334 e. The molecule has 0 aliphatic rings. The molecule has 0 radical (unpaired) electrons. The largest absolute Gasteiger partial charge is 0.334 e. The molecule has 0 fully saturated rings. The first-order valence-corrected chi connectivity index (χ1v) is 4.07. The molecule has 1 rings (SSSR count). The van der Waals surface area contributed by atoms with Gasteiger partial charge in [0.1, 0.15) is 6.04 Å². The second-order valence-electron chi connectivity index (χ2n) is 3.21. The molecule has 0 aliphatic heterocycles. The number of nitrogens with one attached hydrogen (secondary N) is 1. The van der Waals surface area contributed by atoms with E-state index in [-0.39, 0.29) is 0 Å². The highest BCUT2D eigenvalue weighted by atomic mass is 15.1. The predicted octanol–water partition coefficient (Wildman–Crippen LogP) is 0.892. The molecule has 1 aromatic carbocycles. The van der Waals surface area contributed by atoms with Crippen LogP contribution in [0.1, 0.15) is 18.5 Å². The minimum atomic E-state index is 0.594. The van der Waals surface area contributed by atoms with Gasteiger partial charge in [0.15, 0.2) is 0 Å². The van der Waals surface area contributed by atoms with E-state index in [9.17, 15) is 0 Å². The Bertz CT molecular complexity index is 203. The van der Waals surface area contributed by atoms with Crippen molar-refractivity contribution in [2.75, 3.05) is 14.1 Å². The van der Waals surface area contributed by atoms with Crippen LogP contribution in [-0.2, 0) is 0 Å². The lowest BCUT2D eigenvalue weighted by molar-refractivity contribution is -0.890. The van der Waals surface area contributed by atoms with Crippen LogP contribution in [-0.4, -0.2) is 14.1 Å². The first kappa shape index (κ1) is 8.28. The third-order valence-electron chi connectivity index (χ3n) is 2.17. The van der Waals surface area contributed by atoms with Crippen LogP contribution in [0.5, 0.6) is 0 Å². The van der Waals surface area contributed by atoms with Crippen molar-refractivity contribution in [1.82, 2.24) is 0 Å². The molecule has 0 aromatic heterocycles. The Balaban J connectivity index is 2.77. The van der Waals surface area contributed by atoms with Gasteiger partial charge in [-0.05, 0) is 6.92 Å². The number of quaternary nitrogens is 1. The van der Waals surface area contributed by atoms with E-state index in [0.717, 1.165) is 0 Å². The summed E-state index contributed by atoms with van der Waals surface area (Å²) in [6.07, 6.45) is 0. The first-order chi connectivity index (χ1) is 5.22. The van der Waals surface area contributed by atoms with Gasteiger partial charge in [-0.2, -0.15) is 0 Å². The maximum absolute atomic E-state index is 2.24. The van der Waals surface area contributed by atoms with Crippen LogP contribution in [0.25, 0.3) is 0 Å². The van der Waals surface area contributed by atoms with Crippen LogP contribution >= 0.6 is 0 Å². The Morgan fingerprint density at radius 1 is 1.09 bits per heavy atom. The van der Waals surface area contributed by atoms with Gasteiger partial charge in [-0.15, -0.1) is 0 Å². The second kappa shape index (κ2) is 3.54. The fourth-order valence-corrected chi connectivity index (χ4v) is 1.08. The molecule has 0 bridgehead atoms. The van der Waals surface area contributed by atoms with Crippen LogP contribution in [0.2, 0.25) is 0 Å². The summed E-state index contributed by atoms with van der Waals surface area (Å²) in [4.78, 5) is 1.47. The van der Waals surface area contributed by atoms with Gasteiger partial charge in [0.25, 0.3) is 0 Å². The maximum atomic E-state index is 2.24. The SMILES string of the molecule is C[C@@H](c1ccccc1)[NH+](C)C. The standard InChI is InChI=1S/C10H15N/c1-9(11(2)3)10-7-5-4-6-8-10/h4-9H,1-3H3/p+1/t9-/m0/s1. The molecular weight excluding hydrogens is 134 g/mol. The zero-order valence-corrected chi connectivity index (χ0v) is 7.46. The van der Waals surface area contributed by atoms with Crippen LogP contribution in [0.15, 0.2) is 30.3 Å². The van der Waals surface area contributed by atoms with Gasteiger partial charge in [-0.3, -0.25) is 0 Å². The Kier molecular flexibility index (Phi) is 2.66. The van der Waals surface area contributed by atoms with Gasteiger partial charge in [-0.25, -0.2) is 0 Å². The number of rotatable bonds is 2. The molecule has 0 unspecified atom stereocenters. The first-order valence-electron chi connectivity index (χ1n) is 4.07. The van der Waals surface area contributed by atoms with Crippen molar-refractivity contribution in [2.45, 2.75) is 13.0 Å². The fourth-order valence-electron chi connectivity index (χ4n) is 1.08. The van der Waals surface area contributed by atoms with Crippen LogP contribution in [0.3, 0.4) is 0 Å². The molecule has 1 nitrogen and oxygen atoms in total. The van der Waals surface area contributed by atoms with Crippen molar-refractivity contribution < 1.29 is 4.90 Å². The molecule has 1 atom stereocenters. The molecule has 0 spiro atoms. The number of hydrogen-bond acceptors (Lipinski definition) is 0. The smallest absolute Gasteiger partial charge is 0.110 e. The molecule has 0 saturated heterocycles. The van der Waals surface area contributed by atoms with Crippen molar-refractivity contribution in [1.29, 1.82) is 0 Å². The fraction of sp³-hybridized carbons (Fsp3) is 0.400. The lowest BCUT2D eigenvalue weighted by Gasteiger charge is -2.16. The average Bonchev–Trinajstić information content (AvgIpc) is 2.05. The van der Waals surface area contributed by atoms with Crippen molar-refractivity contribution in [3.05, 3.63) is 35.9 Å². The normalized spacial score (nSPS) is 13.5. The molecule has 1 aromatic rings. The molecule has 0 saturated carbocycles. The topological polar surface area (TPSA) is 4.44 Å². The summed E-state index contributed by atoms with van der Waals surface area (Å²) in [5.74, 6) is 0. The van der Waals surface area contributed by atoms with Gasteiger partial charge in [0.2, 0.25) is 0 Å². The van der Waals surface area contributed by atoms with Crippen molar-refractivity contribution in [3.8, 4) is 0 Å². The van der Waals surface area contributed by atoms with Crippen molar-refractivity contribution >= 4 is 0 Å².